The number of aryl methyl sites for hydroxylation is 1. The second-order valence-corrected chi connectivity index (χ2v) is 6.87. The van der Waals surface area contributed by atoms with Gasteiger partial charge in [0.1, 0.15) is 11.6 Å². The third-order valence-electron chi connectivity index (χ3n) is 4.71. The molecular formula is C23H31FNO. The Morgan fingerprint density at radius 2 is 1.62 bits per heavy atom. The summed E-state index contributed by atoms with van der Waals surface area (Å²) >= 11 is 0. The molecule has 0 aliphatic carbocycles. The van der Waals surface area contributed by atoms with E-state index in [2.05, 4.69) is 6.92 Å². The first kappa shape index (κ1) is 20.4. The minimum Gasteiger partial charge on any atom is -0.494 e. The monoisotopic (exact) mass is 356 g/mol. The van der Waals surface area contributed by atoms with Gasteiger partial charge in [0.2, 0.25) is 0 Å². The van der Waals surface area contributed by atoms with Crippen LogP contribution in [0.15, 0.2) is 48.5 Å². The van der Waals surface area contributed by atoms with Crippen LogP contribution in [-0.2, 0) is 6.42 Å². The van der Waals surface area contributed by atoms with Crippen LogP contribution < -0.4 is 10.5 Å². The predicted octanol–water partition coefficient (Wildman–Crippen LogP) is 6.52. The normalized spacial score (nSPS) is 12.1. The average Bonchev–Trinajstić information content (AvgIpc) is 2.67. The van der Waals surface area contributed by atoms with Crippen LogP contribution in [0.4, 0.5) is 4.39 Å². The molecule has 0 aliphatic rings. The van der Waals surface area contributed by atoms with Crippen molar-refractivity contribution in [2.75, 3.05) is 6.61 Å². The molecule has 141 valence electrons. The molecule has 0 spiro atoms. The van der Waals surface area contributed by atoms with E-state index < -0.39 is 0 Å². The van der Waals surface area contributed by atoms with Crippen LogP contribution >= 0.6 is 0 Å². The molecule has 2 rings (SSSR count). The zero-order valence-electron chi connectivity index (χ0n) is 15.8. The van der Waals surface area contributed by atoms with Gasteiger partial charge in [-0.05, 0) is 48.6 Å². The van der Waals surface area contributed by atoms with E-state index >= 15 is 0 Å². The third-order valence-corrected chi connectivity index (χ3v) is 4.71. The lowest BCUT2D eigenvalue weighted by Gasteiger charge is -2.13. The van der Waals surface area contributed by atoms with E-state index in [0.29, 0.717) is 18.4 Å². The van der Waals surface area contributed by atoms with Crippen molar-refractivity contribution in [1.29, 1.82) is 0 Å². The Hall–Kier alpha value is -1.87. The van der Waals surface area contributed by atoms with Crippen molar-refractivity contribution in [3.63, 3.8) is 0 Å². The van der Waals surface area contributed by atoms with E-state index in [1.807, 2.05) is 30.3 Å². The SMILES string of the molecule is CCCCCCCCOc1ccc(C([NH])CCc2ccccc2F)cc1. The zero-order valence-corrected chi connectivity index (χ0v) is 15.8. The maximum Gasteiger partial charge on any atom is 0.126 e. The largest absolute Gasteiger partial charge is 0.494 e. The van der Waals surface area contributed by atoms with Crippen molar-refractivity contribution >= 4 is 0 Å². The molecule has 1 atom stereocenters. The lowest BCUT2D eigenvalue weighted by molar-refractivity contribution is 0.304. The summed E-state index contributed by atoms with van der Waals surface area (Å²) in [4.78, 5) is 0. The molecule has 1 N–H and O–H groups in total. The second-order valence-electron chi connectivity index (χ2n) is 6.87. The minimum absolute atomic E-state index is 0.182. The van der Waals surface area contributed by atoms with Crippen LogP contribution in [0.3, 0.4) is 0 Å². The van der Waals surface area contributed by atoms with Crippen molar-refractivity contribution in [3.8, 4) is 5.75 Å². The maximum atomic E-state index is 13.7. The van der Waals surface area contributed by atoms with Crippen molar-refractivity contribution in [2.24, 2.45) is 0 Å². The fourth-order valence-electron chi connectivity index (χ4n) is 3.04. The number of rotatable bonds is 12. The smallest absolute Gasteiger partial charge is 0.126 e. The van der Waals surface area contributed by atoms with Gasteiger partial charge in [0, 0.05) is 6.04 Å². The fraction of sp³-hybridized carbons (Fsp3) is 0.478. The highest BCUT2D eigenvalue weighted by Gasteiger charge is 2.09. The average molecular weight is 357 g/mol. The summed E-state index contributed by atoms with van der Waals surface area (Å²) in [6.45, 7) is 2.98. The van der Waals surface area contributed by atoms with Gasteiger partial charge in [-0.2, -0.15) is 0 Å². The Labute approximate surface area is 157 Å². The molecule has 0 saturated heterocycles. The van der Waals surface area contributed by atoms with E-state index in [1.54, 1.807) is 12.1 Å². The van der Waals surface area contributed by atoms with Crippen LogP contribution in [0.1, 0.15) is 69.0 Å². The number of hydrogen-bond donors (Lipinski definition) is 0. The standard InChI is InChI=1S/C23H31FNO/c1-2-3-4-5-6-9-18-26-21-15-12-20(13-16-21)23(25)17-14-19-10-7-8-11-22(19)24/h7-8,10-13,15-16,23,25H,2-6,9,14,17-18H2,1H3. The van der Waals surface area contributed by atoms with Gasteiger partial charge in [-0.25, -0.2) is 10.1 Å². The lowest BCUT2D eigenvalue weighted by Crippen LogP contribution is -2.03. The van der Waals surface area contributed by atoms with E-state index in [9.17, 15) is 4.39 Å². The summed E-state index contributed by atoms with van der Waals surface area (Å²) in [6.07, 6.45) is 8.73. The summed E-state index contributed by atoms with van der Waals surface area (Å²) in [5.41, 5.74) is 9.92. The molecule has 26 heavy (non-hydrogen) atoms. The highest BCUT2D eigenvalue weighted by molar-refractivity contribution is 5.29. The molecule has 3 heteroatoms. The number of ether oxygens (including phenoxy) is 1. The van der Waals surface area contributed by atoms with Gasteiger partial charge in [-0.15, -0.1) is 0 Å². The summed E-state index contributed by atoms with van der Waals surface area (Å²) in [5, 5.41) is 0. The molecule has 0 bridgehead atoms. The first-order valence-corrected chi connectivity index (χ1v) is 9.88. The molecule has 0 saturated carbocycles. The van der Waals surface area contributed by atoms with Crippen LogP contribution in [0, 0.1) is 5.82 Å². The van der Waals surface area contributed by atoms with Crippen LogP contribution in [-0.4, -0.2) is 6.61 Å². The van der Waals surface area contributed by atoms with Crippen LogP contribution in [0.2, 0.25) is 0 Å². The fourth-order valence-corrected chi connectivity index (χ4v) is 3.04. The molecule has 2 nitrogen and oxygen atoms in total. The van der Waals surface area contributed by atoms with Crippen LogP contribution in [0.25, 0.3) is 0 Å². The topological polar surface area (TPSA) is 33.0 Å². The summed E-state index contributed by atoms with van der Waals surface area (Å²) in [5.74, 6) is 0.682. The number of hydrogen-bond acceptors (Lipinski definition) is 1. The van der Waals surface area contributed by atoms with Gasteiger partial charge in [-0.3, -0.25) is 0 Å². The number of nitrogens with one attached hydrogen (secondary N) is 1. The Morgan fingerprint density at radius 3 is 2.35 bits per heavy atom. The van der Waals surface area contributed by atoms with E-state index in [1.165, 1.54) is 38.2 Å². The molecular weight excluding hydrogens is 325 g/mol. The van der Waals surface area contributed by atoms with Gasteiger partial charge in [0.05, 0.1) is 6.61 Å². The highest BCUT2D eigenvalue weighted by Crippen LogP contribution is 2.22. The van der Waals surface area contributed by atoms with Crippen molar-refractivity contribution in [3.05, 3.63) is 65.5 Å². The maximum absolute atomic E-state index is 13.7. The molecule has 2 aromatic rings. The number of unbranched alkanes of at least 4 members (excludes halogenated alkanes) is 5. The van der Waals surface area contributed by atoms with E-state index in [-0.39, 0.29) is 11.9 Å². The third kappa shape index (κ3) is 7.17. The van der Waals surface area contributed by atoms with Crippen molar-refractivity contribution < 1.29 is 9.13 Å². The second kappa shape index (κ2) is 11.7. The summed E-state index contributed by atoms with van der Waals surface area (Å²) < 4.78 is 19.4. The number of halogens is 1. The van der Waals surface area contributed by atoms with Crippen molar-refractivity contribution in [1.82, 2.24) is 5.73 Å². The molecule has 0 amide bonds. The number of benzene rings is 2. The summed E-state index contributed by atoms with van der Waals surface area (Å²) in [6, 6.07) is 14.3. The first-order valence-electron chi connectivity index (χ1n) is 9.88. The first-order chi connectivity index (χ1) is 12.7. The molecule has 0 aliphatic heterocycles. The van der Waals surface area contributed by atoms with Gasteiger partial charge < -0.3 is 4.74 Å². The Morgan fingerprint density at radius 1 is 0.923 bits per heavy atom. The molecule has 0 aromatic heterocycles. The predicted molar refractivity (Wildman–Crippen MR) is 106 cm³/mol. The quantitative estimate of drug-likeness (QED) is 0.398. The molecule has 1 unspecified atom stereocenters. The molecule has 1 radical (unpaired) electrons. The van der Waals surface area contributed by atoms with Gasteiger partial charge in [-0.1, -0.05) is 69.4 Å². The van der Waals surface area contributed by atoms with Crippen molar-refractivity contribution in [2.45, 2.75) is 64.3 Å². The molecule has 0 fully saturated rings. The van der Waals surface area contributed by atoms with E-state index in [4.69, 9.17) is 10.5 Å². The minimum atomic E-state index is -0.345. The van der Waals surface area contributed by atoms with E-state index in [0.717, 1.165) is 24.3 Å². The van der Waals surface area contributed by atoms with Gasteiger partial charge >= 0.3 is 0 Å². The van der Waals surface area contributed by atoms with Gasteiger partial charge in [0.25, 0.3) is 0 Å². The Kier molecular flexibility index (Phi) is 9.19. The molecule has 2 aromatic carbocycles. The Balaban J connectivity index is 1.70. The highest BCUT2D eigenvalue weighted by atomic mass is 19.1. The van der Waals surface area contributed by atoms with Gasteiger partial charge in [0.15, 0.2) is 0 Å². The lowest BCUT2D eigenvalue weighted by atomic mass is 9.99. The zero-order chi connectivity index (χ0) is 18.6. The summed E-state index contributed by atoms with van der Waals surface area (Å²) in [7, 11) is 0. The Bertz CT molecular complexity index is 626. The van der Waals surface area contributed by atoms with Crippen LogP contribution in [0.5, 0.6) is 5.75 Å². The molecule has 0 heterocycles.